The minimum Gasteiger partial charge on any atom is -0.444 e. The zero-order valence-electron chi connectivity index (χ0n) is 20.6. The van der Waals surface area contributed by atoms with E-state index >= 15 is 0 Å². The van der Waals surface area contributed by atoms with Crippen molar-refractivity contribution in [2.75, 3.05) is 12.3 Å². The van der Waals surface area contributed by atoms with Gasteiger partial charge in [-0.25, -0.2) is 4.79 Å². The number of thiol groups is 1. The SMILES string of the molecule is C=Cc1cccc(C(C(=O)NC(C)CCC)N(CC#N)C(=O)C(CS)NC(=O)OC(C)(C)C)c1. The number of ether oxygens (including phenoxy) is 1. The van der Waals surface area contributed by atoms with Gasteiger partial charge in [0, 0.05) is 11.8 Å². The third-order valence-electron chi connectivity index (χ3n) is 4.83. The van der Waals surface area contributed by atoms with Gasteiger partial charge in [-0.1, -0.05) is 44.2 Å². The maximum atomic E-state index is 13.5. The van der Waals surface area contributed by atoms with Crippen LogP contribution in [-0.2, 0) is 14.3 Å². The first-order valence-corrected chi connectivity index (χ1v) is 11.9. The van der Waals surface area contributed by atoms with E-state index in [1.807, 2.05) is 26.0 Å². The molecule has 1 rings (SSSR count). The van der Waals surface area contributed by atoms with Crippen LogP contribution in [0.25, 0.3) is 6.08 Å². The Morgan fingerprint density at radius 1 is 1.29 bits per heavy atom. The number of nitriles is 1. The molecule has 0 fully saturated rings. The molecule has 3 atom stereocenters. The van der Waals surface area contributed by atoms with Gasteiger partial charge in [0.15, 0.2) is 0 Å². The standard InChI is InChI=1S/C25H36N4O4S/c1-7-10-17(3)27-22(30)21(19-12-9-11-18(8-2)15-19)29(14-13-26)23(31)20(16-34)28-24(32)33-25(4,5)6/h8-9,11-12,15,17,20-21,34H,2,7,10,14,16H2,1,3-6H3,(H,27,30)(H,28,32). The number of hydrogen-bond donors (Lipinski definition) is 3. The molecule has 1 aromatic carbocycles. The van der Waals surface area contributed by atoms with Crippen LogP contribution in [0.2, 0.25) is 0 Å². The summed E-state index contributed by atoms with van der Waals surface area (Å²) < 4.78 is 5.25. The zero-order valence-corrected chi connectivity index (χ0v) is 21.5. The average Bonchev–Trinajstić information content (AvgIpc) is 2.75. The normalized spacial score (nSPS) is 13.6. The van der Waals surface area contributed by atoms with E-state index in [0.717, 1.165) is 23.3 Å². The van der Waals surface area contributed by atoms with Gasteiger partial charge in [-0.2, -0.15) is 17.9 Å². The Hall–Kier alpha value is -2.99. The van der Waals surface area contributed by atoms with E-state index in [1.54, 1.807) is 45.0 Å². The van der Waals surface area contributed by atoms with E-state index in [2.05, 4.69) is 29.8 Å². The van der Waals surface area contributed by atoms with Crippen molar-refractivity contribution in [1.29, 1.82) is 5.26 Å². The van der Waals surface area contributed by atoms with Gasteiger partial charge in [0.05, 0.1) is 6.07 Å². The van der Waals surface area contributed by atoms with Crippen molar-refractivity contribution in [3.63, 3.8) is 0 Å². The van der Waals surface area contributed by atoms with E-state index in [4.69, 9.17) is 4.74 Å². The van der Waals surface area contributed by atoms with Crippen LogP contribution < -0.4 is 10.6 Å². The fourth-order valence-corrected chi connectivity index (χ4v) is 3.61. The number of hydrogen-bond acceptors (Lipinski definition) is 6. The largest absolute Gasteiger partial charge is 0.444 e. The molecule has 0 aliphatic carbocycles. The molecule has 3 amide bonds. The lowest BCUT2D eigenvalue weighted by atomic mass is 10.00. The lowest BCUT2D eigenvalue weighted by Gasteiger charge is -2.33. The molecule has 0 aliphatic heterocycles. The Morgan fingerprint density at radius 3 is 2.50 bits per heavy atom. The van der Waals surface area contributed by atoms with E-state index in [0.29, 0.717) is 5.56 Å². The van der Waals surface area contributed by atoms with Gasteiger partial charge in [-0.3, -0.25) is 9.59 Å². The lowest BCUT2D eigenvalue weighted by Crippen LogP contribution is -2.54. The van der Waals surface area contributed by atoms with Gasteiger partial charge in [0.2, 0.25) is 11.8 Å². The van der Waals surface area contributed by atoms with Crippen LogP contribution >= 0.6 is 12.6 Å². The molecule has 0 spiro atoms. The third-order valence-corrected chi connectivity index (χ3v) is 5.19. The summed E-state index contributed by atoms with van der Waals surface area (Å²) in [6, 6.07) is 6.70. The van der Waals surface area contributed by atoms with Gasteiger partial charge in [-0.05, 0) is 51.3 Å². The first-order chi connectivity index (χ1) is 16.0. The van der Waals surface area contributed by atoms with E-state index in [9.17, 15) is 19.6 Å². The molecule has 186 valence electrons. The van der Waals surface area contributed by atoms with Crippen LogP contribution in [0.15, 0.2) is 30.8 Å². The first kappa shape index (κ1) is 29.0. The highest BCUT2D eigenvalue weighted by atomic mass is 32.1. The van der Waals surface area contributed by atoms with Gasteiger partial charge in [0.25, 0.3) is 0 Å². The van der Waals surface area contributed by atoms with Crippen LogP contribution in [0.5, 0.6) is 0 Å². The molecule has 0 heterocycles. The summed E-state index contributed by atoms with van der Waals surface area (Å²) in [6.45, 7) is 12.4. The highest BCUT2D eigenvalue weighted by molar-refractivity contribution is 7.80. The number of carbonyl (C=O) groups excluding carboxylic acids is 3. The van der Waals surface area contributed by atoms with Gasteiger partial charge in [0.1, 0.15) is 24.2 Å². The predicted molar refractivity (Wildman–Crippen MR) is 136 cm³/mol. The van der Waals surface area contributed by atoms with Crippen molar-refractivity contribution in [3.8, 4) is 6.07 Å². The summed E-state index contributed by atoms with van der Waals surface area (Å²) in [5.41, 5.74) is 0.528. The Labute approximate surface area is 208 Å². The highest BCUT2D eigenvalue weighted by Gasteiger charge is 2.36. The topological polar surface area (TPSA) is 112 Å². The van der Waals surface area contributed by atoms with Crippen LogP contribution in [-0.4, -0.2) is 52.8 Å². The second-order valence-electron chi connectivity index (χ2n) is 8.98. The van der Waals surface area contributed by atoms with Crippen molar-refractivity contribution in [3.05, 3.63) is 42.0 Å². The molecule has 0 radical (unpaired) electrons. The van der Waals surface area contributed by atoms with Crippen molar-refractivity contribution in [1.82, 2.24) is 15.5 Å². The van der Waals surface area contributed by atoms with Crippen LogP contribution in [0.3, 0.4) is 0 Å². The molecular formula is C25H36N4O4S. The van der Waals surface area contributed by atoms with Gasteiger partial charge >= 0.3 is 6.09 Å². The smallest absolute Gasteiger partial charge is 0.408 e. The minimum absolute atomic E-state index is 0.0483. The Morgan fingerprint density at radius 2 is 1.97 bits per heavy atom. The predicted octanol–water partition coefficient (Wildman–Crippen LogP) is 3.85. The van der Waals surface area contributed by atoms with Crippen molar-refractivity contribution >= 4 is 36.6 Å². The monoisotopic (exact) mass is 488 g/mol. The fourth-order valence-electron chi connectivity index (χ4n) is 3.36. The number of rotatable bonds is 11. The highest BCUT2D eigenvalue weighted by Crippen LogP contribution is 2.24. The zero-order chi connectivity index (χ0) is 25.9. The van der Waals surface area contributed by atoms with Crippen molar-refractivity contribution in [2.45, 2.75) is 71.2 Å². The van der Waals surface area contributed by atoms with Crippen molar-refractivity contribution in [2.24, 2.45) is 0 Å². The maximum Gasteiger partial charge on any atom is 0.408 e. The average molecular weight is 489 g/mol. The second-order valence-corrected chi connectivity index (χ2v) is 9.35. The molecule has 2 N–H and O–H groups in total. The summed E-state index contributed by atoms with van der Waals surface area (Å²) in [7, 11) is 0. The molecular weight excluding hydrogens is 452 g/mol. The Bertz CT molecular complexity index is 907. The lowest BCUT2D eigenvalue weighted by molar-refractivity contribution is -0.141. The van der Waals surface area contributed by atoms with Gasteiger partial charge < -0.3 is 20.3 Å². The van der Waals surface area contributed by atoms with Gasteiger partial charge in [-0.15, -0.1) is 0 Å². The molecule has 0 aromatic heterocycles. The van der Waals surface area contributed by atoms with Crippen LogP contribution in [0, 0.1) is 11.3 Å². The molecule has 0 aliphatic rings. The molecule has 34 heavy (non-hydrogen) atoms. The fraction of sp³-hybridized carbons (Fsp3) is 0.520. The number of nitrogens with one attached hydrogen (secondary N) is 2. The van der Waals surface area contributed by atoms with Crippen molar-refractivity contribution < 1.29 is 19.1 Å². The molecule has 9 heteroatoms. The minimum atomic E-state index is -1.10. The summed E-state index contributed by atoms with van der Waals surface area (Å²) >= 11 is 4.21. The summed E-state index contributed by atoms with van der Waals surface area (Å²) in [5.74, 6) is -1.08. The molecule has 1 aromatic rings. The third kappa shape index (κ3) is 9.10. The number of alkyl carbamates (subject to hydrolysis) is 1. The van der Waals surface area contributed by atoms with Crippen LogP contribution in [0.4, 0.5) is 4.79 Å². The van der Waals surface area contributed by atoms with Crippen LogP contribution in [0.1, 0.15) is 64.6 Å². The Balaban J connectivity index is 3.39. The summed E-state index contributed by atoms with van der Waals surface area (Å²) in [4.78, 5) is 40.4. The molecule has 0 bridgehead atoms. The number of benzene rings is 1. The molecule has 3 unspecified atom stereocenters. The Kier molecular flexibility index (Phi) is 11.7. The molecule has 0 saturated carbocycles. The second kappa shape index (κ2) is 13.7. The number of amides is 3. The van der Waals surface area contributed by atoms with E-state index in [1.165, 1.54) is 0 Å². The molecule has 0 saturated heterocycles. The first-order valence-electron chi connectivity index (χ1n) is 11.3. The molecule has 8 nitrogen and oxygen atoms in total. The summed E-state index contributed by atoms with van der Waals surface area (Å²) in [5, 5.41) is 14.9. The quantitative estimate of drug-likeness (QED) is 0.324. The maximum absolute atomic E-state index is 13.5. The van der Waals surface area contributed by atoms with E-state index < -0.39 is 35.6 Å². The number of carbonyl (C=O) groups is 3. The number of nitrogens with zero attached hydrogens (tertiary/aromatic N) is 2. The summed E-state index contributed by atoms with van der Waals surface area (Å²) in [6.07, 6.45) is 2.48. The van der Waals surface area contributed by atoms with E-state index in [-0.39, 0.29) is 18.3 Å².